The van der Waals surface area contributed by atoms with Crippen LogP contribution in [0.4, 0.5) is 0 Å². The van der Waals surface area contributed by atoms with Gasteiger partial charge >= 0.3 is 5.97 Å². The van der Waals surface area contributed by atoms with Crippen LogP contribution in [0.2, 0.25) is 0 Å². The minimum Gasteiger partial charge on any atom is -0.456 e. The lowest BCUT2D eigenvalue weighted by molar-refractivity contribution is -0.150. The molecular formula is C24H31N3O3S. The fraction of sp³-hybridized carbons (Fsp3) is 0.458. The molecule has 0 spiro atoms. The van der Waals surface area contributed by atoms with Crippen molar-refractivity contribution >= 4 is 28.8 Å². The average molecular weight is 442 g/mol. The SMILES string of the molecule is CCN(C)C(=O)CC1=CSC2=NC(C)=C(C(=O)OC(C)(C)C)C(c3ccccc3C)N12. The van der Waals surface area contributed by atoms with Crippen molar-refractivity contribution in [1.82, 2.24) is 9.80 Å². The van der Waals surface area contributed by atoms with E-state index in [1.54, 1.807) is 11.9 Å². The summed E-state index contributed by atoms with van der Waals surface area (Å²) in [6.45, 7) is 12.1. The number of carbonyl (C=O) groups is 2. The normalized spacial score (nSPS) is 18.4. The number of hydrogen-bond donors (Lipinski definition) is 0. The van der Waals surface area contributed by atoms with Crippen LogP contribution in [0.25, 0.3) is 0 Å². The van der Waals surface area contributed by atoms with Crippen LogP contribution in [0.15, 0.2) is 51.6 Å². The van der Waals surface area contributed by atoms with E-state index in [1.165, 1.54) is 11.8 Å². The molecule has 2 heterocycles. The molecule has 0 saturated carbocycles. The zero-order valence-corrected chi connectivity index (χ0v) is 20.2. The smallest absolute Gasteiger partial charge is 0.338 e. The highest BCUT2D eigenvalue weighted by Crippen LogP contribution is 2.45. The second kappa shape index (κ2) is 8.91. The van der Waals surface area contributed by atoms with Gasteiger partial charge in [-0.25, -0.2) is 9.79 Å². The Morgan fingerprint density at radius 3 is 2.52 bits per heavy atom. The van der Waals surface area contributed by atoms with Gasteiger partial charge in [0.1, 0.15) is 5.60 Å². The minimum atomic E-state index is -0.622. The van der Waals surface area contributed by atoms with E-state index < -0.39 is 11.6 Å². The topological polar surface area (TPSA) is 62.2 Å². The highest BCUT2D eigenvalue weighted by molar-refractivity contribution is 8.16. The number of allylic oxidation sites excluding steroid dienone is 1. The average Bonchev–Trinajstić information content (AvgIpc) is 3.07. The van der Waals surface area contributed by atoms with E-state index in [1.807, 2.05) is 76.1 Å². The second-order valence-corrected chi connectivity index (χ2v) is 9.67. The van der Waals surface area contributed by atoms with E-state index in [-0.39, 0.29) is 18.3 Å². The second-order valence-electron chi connectivity index (χ2n) is 8.84. The molecule has 0 aliphatic carbocycles. The van der Waals surface area contributed by atoms with Gasteiger partial charge in [-0.1, -0.05) is 36.0 Å². The fourth-order valence-electron chi connectivity index (χ4n) is 3.62. The lowest BCUT2D eigenvalue weighted by atomic mass is 9.91. The first-order valence-corrected chi connectivity index (χ1v) is 11.4. The van der Waals surface area contributed by atoms with Crippen molar-refractivity contribution in [2.24, 2.45) is 4.99 Å². The summed E-state index contributed by atoms with van der Waals surface area (Å²) in [6.07, 6.45) is 0.249. The van der Waals surface area contributed by atoms with Gasteiger partial charge in [-0.3, -0.25) is 4.79 Å². The maximum absolute atomic E-state index is 13.3. The van der Waals surface area contributed by atoms with Gasteiger partial charge in [0.2, 0.25) is 5.91 Å². The van der Waals surface area contributed by atoms with Crippen molar-refractivity contribution in [1.29, 1.82) is 0 Å². The Morgan fingerprint density at radius 1 is 1.23 bits per heavy atom. The van der Waals surface area contributed by atoms with Crippen molar-refractivity contribution < 1.29 is 14.3 Å². The zero-order valence-electron chi connectivity index (χ0n) is 19.4. The van der Waals surface area contributed by atoms with Crippen LogP contribution in [0.3, 0.4) is 0 Å². The molecule has 0 radical (unpaired) electrons. The molecule has 0 bridgehead atoms. The number of ether oxygens (including phenoxy) is 1. The number of carbonyl (C=O) groups excluding carboxylic acids is 2. The third-order valence-electron chi connectivity index (χ3n) is 5.33. The number of amides is 1. The molecule has 0 aromatic heterocycles. The number of thioether (sulfide) groups is 1. The maximum Gasteiger partial charge on any atom is 0.338 e. The first-order valence-electron chi connectivity index (χ1n) is 10.5. The van der Waals surface area contributed by atoms with Crippen molar-refractivity contribution in [2.45, 2.75) is 59.6 Å². The number of fused-ring (bicyclic) bond motifs is 1. The molecule has 0 fully saturated rings. The Kier molecular flexibility index (Phi) is 6.65. The summed E-state index contributed by atoms with van der Waals surface area (Å²) in [5.74, 6) is -0.349. The largest absolute Gasteiger partial charge is 0.456 e. The fourth-order valence-corrected chi connectivity index (χ4v) is 4.58. The van der Waals surface area contributed by atoms with Gasteiger partial charge in [0.05, 0.1) is 23.7 Å². The van der Waals surface area contributed by atoms with Crippen molar-refractivity contribution in [3.05, 3.63) is 57.8 Å². The standard InChI is InChI=1S/C24H31N3O3S/c1-8-26(7)19(28)13-17-14-31-23-25-16(3)20(22(29)30-24(4,5)6)21(27(17)23)18-12-10-9-11-15(18)2/h9-12,14,21H,8,13H2,1-7H3. The van der Waals surface area contributed by atoms with E-state index >= 15 is 0 Å². The number of benzene rings is 1. The number of amidine groups is 1. The molecule has 7 heteroatoms. The molecule has 31 heavy (non-hydrogen) atoms. The summed E-state index contributed by atoms with van der Waals surface area (Å²) in [7, 11) is 1.80. The molecule has 2 aliphatic heterocycles. The molecule has 0 N–H and O–H groups in total. The predicted molar refractivity (Wildman–Crippen MR) is 125 cm³/mol. The summed E-state index contributed by atoms with van der Waals surface area (Å²) < 4.78 is 5.77. The zero-order chi connectivity index (χ0) is 22.9. The molecule has 6 nitrogen and oxygen atoms in total. The number of aliphatic imine (C=N–C) groups is 1. The summed E-state index contributed by atoms with van der Waals surface area (Å²) >= 11 is 1.49. The molecule has 2 aliphatic rings. The monoisotopic (exact) mass is 441 g/mol. The van der Waals surface area contributed by atoms with E-state index in [0.29, 0.717) is 17.8 Å². The third-order valence-corrected chi connectivity index (χ3v) is 6.22. The number of rotatable bonds is 5. The van der Waals surface area contributed by atoms with Gasteiger partial charge in [0.25, 0.3) is 0 Å². The lowest BCUT2D eigenvalue weighted by Crippen LogP contribution is -2.39. The van der Waals surface area contributed by atoms with Crippen LogP contribution in [0.1, 0.15) is 58.2 Å². The van der Waals surface area contributed by atoms with Gasteiger partial charge in [-0.2, -0.15) is 0 Å². The van der Waals surface area contributed by atoms with Gasteiger partial charge in [0, 0.05) is 19.3 Å². The Morgan fingerprint density at radius 2 is 1.90 bits per heavy atom. The summed E-state index contributed by atoms with van der Waals surface area (Å²) in [4.78, 5) is 34.4. The number of aryl methyl sites for hydroxylation is 1. The van der Waals surface area contributed by atoms with Gasteiger partial charge < -0.3 is 14.5 Å². The Hall–Kier alpha value is -2.54. The van der Waals surface area contributed by atoms with Crippen LogP contribution in [-0.4, -0.2) is 46.0 Å². The highest BCUT2D eigenvalue weighted by Gasteiger charge is 2.42. The van der Waals surface area contributed by atoms with E-state index in [4.69, 9.17) is 9.73 Å². The van der Waals surface area contributed by atoms with Gasteiger partial charge in [-0.05, 0) is 58.1 Å². The number of nitrogens with zero attached hydrogens (tertiary/aromatic N) is 3. The van der Waals surface area contributed by atoms with Crippen LogP contribution in [-0.2, 0) is 14.3 Å². The van der Waals surface area contributed by atoms with Crippen molar-refractivity contribution in [3.8, 4) is 0 Å². The summed E-state index contributed by atoms with van der Waals surface area (Å²) in [5, 5.41) is 2.75. The van der Waals surface area contributed by atoms with Crippen LogP contribution in [0.5, 0.6) is 0 Å². The lowest BCUT2D eigenvalue weighted by Gasteiger charge is -2.37. The first-order chi connectivity index (χ1) is 14.5. The molecule has 1 atom stereocenters. The molecule has 1 aromatic carbocycles. The molecular weight excluding hydrogens is 410 g/mol. The Bertz CT molecular complexity index is 988. The molecule has 3 rings (SSSR count). The number of esters is 1. The van der Waals surface area contributed by atoms with E-state index in [0.717, 1.165) is 22.0 Å². The first kappa shape index (κ1) is 23.1. The van der Waals surface area contributed by atoms with E-state index in [9.17, 15) is 9.59 Å². The number of hydrogen-bond acceptors (Lipinski definition) is 6. The van der Waals surface area contributed by atoms with Crippen LogP contribution in [0, 0.1) is 6.92 Å². The van der Waals surface area contributed by atoms with Gasteiger partial charge in [-0.15, -0.1) is 0 Å². The van der Waals surface area contributed by atoms with Gasteiger partial charge in [0.15, 0.2) is 5.17 Å². The summed E-state index contributed by atoms with van der Waals surface area (Å²) in [5.41, 5.74) is 3.44. The van der Waals surface area contributed by atoms with Crippen molar-refractivity contribution in [2.75, 3.05) is 13.6 Å². The Balaban J connectivity index is 2.09. The quantitative estimate of drug-likeness (QED) is 0.616. The van der Waals surface area contributed by atoms with Crippen LogP contribution >= 0.6 is 11.8 Å². The Labute approximate surface area is 189 Å². The van der Waals surface area contributed by atoms with Crippen molar-refractivity contribution in [3.63, 3.8) is 0 Å². The third kappa shape index (κ3) is 4.87. The van der Waals surface area contributed by atoms with Crippen LogP contribution < -0.4 is 0 Å². The predicted octanol–water partition coefficient (Wildman–Crippen LogP) is 4.78. The molecule has 166 valence electrons. The molecule has 0 saturated heterocycles. The minimum absolute atomic E-state index is 0.0317. The molecule has 1 aromatic rings. The highest BCUT2D eigenvalue weighted by atomic mass is 32.2. The maximum atomic E-state index is 13.3. The molecule has 1 unspecified atom stereocenters. The van der Waals surface area contributed by atoms with E-state index in [2.05, 4.69) is 0 Å². The molecule has 1 amide bonds. The summed E-state index contributed by atoms with van der Waals surface area (Å²) in [6, 6.07) is 7.62.